The topological polar surface area (TPSA) is 73.3 Å². The first-order valence-electron chi connectivity index (χ1n) is 7.36. The lowest BCUT2D eigenvalue weighted by Crippen LogP contribution is -2.25. The maximum Gasteiger partial charge on any atom is 0.229 e. The molecule has 2 aromatic heterocycles. The van der Waals surface area contributed by atoms with Crippen LogP contribution in [0.3, 0.4) is 0 Å². The molecule has 0 N–H and O–H groups in total. The smallest absolute Gasteiger partial charge is 0.229 e. The van der Waals surface area contributed by atoms with Crippen LogP contribution in [0.15, 0.2) is 30.9 Å². The highest BCUT2D eigenvalue weighted by atomic mass is 16.5. The van der Waals surface area contributed by atoms with Crippen LogP contribution in [0, 0.1) is 0 Å². The van der Waals surface area contributed by atoms with Crippen molar-refractivity contribution in [3.05, 3.63) is 36.5 Å². The fourth-order valence-corrected chi connectivity index (χ4v) is 2.58. The summed E-state index contributed by atoms with van der Waals surface area (Å²) in [4.78, 5) is 19.6. The molecule has 0 bridgehead atoms. The predicted molar refractivity (Wildman–Crippen MR) is 80.8 cm³/mol. The molecule has 0 aromatic carbocycles. The lowest BCUT2D eigenvalue weighted by Gasteiger charge is -2.24. The maximum absolute atomic E-state index is 5.56. The molecule has 7 heteroatoms. The van der Waals surface area contributed by atoms with E-state index in [9.17, 15) is 0 Å². The summed E-state index contributed by atoms with van der Waals surface area (Å²) >= 11 is 0. The minimum absolute atomic E-state index is 0.169. The van der Waals surface area contributed by atoms with Crippen molar-refractivity contribution in [1.29, 1.82) is 0 Å². The standard InChI is InChI=1S/C15H19N5O2/c1-21-9-10-22-14-4-5-18-15(19-14)20-8-2-3-13(20)12-11-16-6-7-17-12/h4-7,11,13H,2-3,8-10H2,1H3. The molecule has 22 heavy (non-hydrogen) atoms. The van der Waals surface area contributed by atoms with Crippen LogP contribution in [0.5, 0.6) is 5.88 Å². The van der Waals surface area contributed by atoms with E-state index in [0.717, 1.165) is 25.1 Å². The molecule has 0 amide bonds. The van der Waals surface area contributed by atoms with Gasteiger partial charge in [0.05, 0.1) is 24.5 Å². The van der Waals surface area contributed by atoms with Gasteiger partial charge >= 0.3 is 0 Å². The Kier molecular flexibility index (Phi) is 4.75. The van der Waals surface area contributed by atoms with Crippen molar-refractivity contribution >= 4 is 5.95 Å². The zero-order chi connectivity index (χ0) is 15.2. The molecule has 1 aliphatic heterocycles. The Hall–Kier alpha value is -2.28. The van der Waals surface area contributed by atoms with Crippen LogP contribution in [0.1, 0.15) is 24.6 Å². The first-order chi connectivity index (χ1) is 10.9. The van der Waals surface area contributed by atoms with E-state index in [1.165, 1.54) is 0 Å². The molecule has 1 saturated heterocycles. The molecule has 0 spiro atoms. The summed E-state index contributed by atoms with van der Waals surface area (Å²) in [6, 6.07) is 1.93. The van der Waals surface area contributed by atoms with Crippen LogP contribution < -0.4 is 9.64 Å². The summed E-state index contributed by atoms with van der Waals surface area (Å²) in [6.07, 6.45) is 9.04. The molecule has 3 heterocycles. The zero-order valence-corrected chi connectivity index (χ0v) is 12.6. The highest BCUT2D eigenvalue weighted by Crippen LogP contribution is 2.33. The molecule has 1 atom stereocenters. The number of aromatic nitrogens is 4. The monoisotopic (exact) mass is 301 g/mol. The van der Waals surface area contributed by atoms with E-state index < -0.39 is 0 Å². The van der Waals surface area contributed by atoms with Crippen LogP contribution in [0.4, 0.5) is 5.95 Å². The molecule has 2 aromatic rings. The van der Waals surface area contributed by atoms with Crippen LogP contribution in [-0.4, -0.2) is 46.8 Å². The number of methoxy groups -OCH3 is 1. The Morgan fingerprint density at radius 2 is 2.18 bits per heavy atom. The largest absolute Gasteiger partial charge is 0.475 e. The van der Waals surface area contributed by atoms with Gasteiger partial charge in [0, 0.05) is 38.3 Å². The number of ether oxygens (including phenoxy) is 2. The lowest BCUT2D eigenvalue weighted by molar-refractivity contribution is 0.143. The van der Waals surface area contributed by atoms with Crippen molar-refractivity contribution in [3.63, 3.8) is 0 Å². The SMILES string of the molecule is COCCOc1ccnc(N2CCCC2c2cnccn2)n1. The average molecular weight is 301 g/mol. The summed E-state index contributed by atoms with van der Waals surface area (Å²) in [6.45, 7) is 1.91. The molecule has 0 radical (unpaired) electrons. The second-order valence-corrected chi connectivity index (χ2v) is 5.02. The lowest BCUT2D eigenvalue weighted by atomic mass is 10.1. The van der Waals surface area contributed by atoms with Crippen molar-refractivity contribution in [2.75, 3.05) is 31.8 Å². The van der Waals surface area contributed by atoms with E-state index >= 15 is 0 Å². The third-order valence-corrected chi connectivity index (χ3v) is 3.59. The van der Waals surface area contributed by atoms with Gasteiger partial charge in [0.2, 0.25) is 11.8 Å². The van der Waals surface area contributed by atoms with Gasteiger partial charge in [0.1, 0.15) is 6.61 Å². The zero-order valence-electron chi connectivity index (χ0n) is 12.6. The minimum Gasteiger partial charge on any atom is -0.475 e. The van der Waals surface area contributed by atoms with Crippen LogP contribution in [-0.2, 0) is 4.74 Å². The Morgan fingerprint density at radius 1 is 1.23 bits per heavy atom. The van der Waals surface area contributed by atoms with E-state index in [1.807, 2.05) is 6.20 Å². The van der Waals surface area contributed by atoms with Gasteiger partial charge in [0.15, 0.2) is 0 Å². The van der Waals surface area contributed by atoms with Crippen LogP contribution in [0.25, 0.3) is 0 Å². The van der Waals surface area contributed by atoms with Gasteiger partial charge in [-0.25, -0.2) is 4.98 Å². The van der Waals surface area contributed by atoms with E-state index in [1.54, 1.807) is 31.8 Å². The normalized spacial score (nSPS) is 17.7. The summed E-state index contributed by atoms with van der Waals surface area (Å²) in [5.74, 6) is 1.23. The molecule has 1 fully saturated rings. The predicted octanol–water partition coefficient (Wildman–Crippen LogP) is 1.63. The fourth-order valence-electron chi connectivity index (χ4n) is 2.58. The van der Waals surface area contributed by atoms with Gasteiger partial charge in [-0.05, 0) is 12.8 Å². The molecule has 0 aliphatic carbocycles. The number of hydrogen-bond acceptors (Lipinski definition) is 7. The first kappa shape index (κ1) is 14.6. The van der Waals surface area contributed by atoms with E-state index in [-0.39, 0.29) is 6.04 Å². The molecule has 0 saturated carbocycles. The summed E-state index contributed by atoms with van der Waals surface area (Å²) in [5.41, 5.74) is 0.953. The van der Waals surface area contributed by atoms with Crippen molar-refractivity contribution in [1.82, 2.24) is 19.9 Å². The van der Waals surface area contributed by atoms with Gasteiger partial charge in [-0.3, -0.25) is 9.97 Å². The second kappa shape index (κ2) is 7.13. The van der Waals surface area contributed by atoms with E-state index in [2.05, 4.69) is 24.8 Å². The quantitative estimate of drug-likeness (QED) is 0.751. The molecule has 7 nitrogen and oxygen atoms in total. The molecule has 1 aliphatic rings. The molecular weight excluding hydrogens is 282 g/mol. The van der Waals surface area contributed by atoms with Crippen LogP contribution >= 0.6 is 0 Å². The van der Waals surface area contributed by atoms with Gasteiger partial charge in [-0.2, -0.15) is 4.98 Å². The maximum atomic E-state index is 5.56. The Labute approximate surface area is 129 Å². The Balaban J connectivity index is 1.76. The molecular formula is C15H19N5O2. The van der Waals surface area contributed by atoms with Gasteiger partial charge in [-0.1, -0.05) is 0 Å². The number of hydrogen-bond donors (Lipinski definition) is 0. The van der Waals surface area contributed by atoms with Crippen molar-refractivity contribution < 1.29 is 9.47 Å². The number of rotatable bonds is 6. The second-order valence-electron chi connectivity index (χ2n) is 5.02. The van der Waals surface area contributed by atoms with Crippen molar-refractivity contribution in [2.24, 2.45) is 0 Å². The van der Waals surface area contributed by atoms with Crippen molar-refractivity contribution in [3.8, 4) is 5.88 Å². The highest BCUT2D eigenvalue weighted by Gasteiger charge is 2.29. The third kappa shape index (κ3) is 3.30. The summed E-state index contributed by atoms with van der Waals surface area (Å²) < 4.78 is 10.5. The highest BCUT2D eigenvalue weighted by molar-refractivity contribution is 5.37. The molecule has 1 unspecified atom stereocenters. The van der Waals surface area contributed by atoms with Gasteiger partial charge in [-0.15, -0.1) is 0 Å². The average Bonchev–Trinajstić information content (AvgIpc) is 3.06. The number of nitrogens with zero attached hydrogens (tertiary/aromatic N) is 5. The Morgan fingerprint density at radius 3 is 3.00 bits per heavy atom. The summed E-state index contributed by atoms with van der Waals surface area (Å²) in [5, 5.41) is 0. The van der Waals surface area contributed by atoms with Gasteiger partial charge < -0.3 is 14.4 Å². The van der Waals surface area contributed by atoms with E-state index in [0.29, 0.717) is 25.0 Å². The van der Waals surface area contributed by atoms with E-state index in [4.69, 9.17) is 9.47 Å². The Bertz CT molecular complexity index is 595. The summed E-state index contributed by atoms with van der Waals surface area (Å²) in [7, 11) is 1.64. The van der Waals surface area contributed by atoms with Crippen molar-refractivity contribution in [2.45, 2.75) is 18.9 Å². The molecule has 116 valence electrons. The molecule has 3 rings (SSSR count). The fraction of sp³-hybridized carbons (Fsp3) is 0.467. The van der Waals surface area contributed by atoms with Gasteiger partial charge in [0.25, 0.3) is 0 Å². The van der Waals surface area contributed by atoms with Crippen LogP contribution in [0.2, 0.25) is 0 Å². The first-order valence-corrected chi connectivity index (χ1v) is 7.36. The minimum atomic E-state index is 0.169. The number of anilines is 1. The third-order valence-electron chi connectivity index (χ3n) is 3.59.